The molecular weight excluding hydrogens is 224 g/mol. The topological polar surface area (TPSA) is 87.7 Å². The van der Waals surface area contributed by atoms with Gasteiger partial charge >= 0.3 is 12.0 Å². The lowest BCUT2D eigenvalue weighted by Gasteiger charge is -2.09. The third-order valence-electron chi connectivity index (χ3n) is 2.01. The minimum absolute atomic E-state index is 0.581. The fourth-order valence-corrected chi connectivity index (χ4v) is 1.26. The molecule has 6 heteroatoms. The van der Waals surface area contributed by atoms with Crippen LogP contribution in [-0.2, 0) is 16.1 Å². The van der Waals surface area contributed by atoms with Crippen LogP contribution in [0.3, 0.4) is 0 Å². The summed E-state index contributed by atoms with van der Waals surface area (Å²) in [5, 5.41) is 10.9. The van der Waals surface area contributed by atoms with Crippen molar-refractivity contribution in [2.75, 3.05) is 11.9 Å². The summed E-state index contributed by atoms with van der Waals surface area (Å²) >= 11 is 0. The quantitative estimate of drug-likeness (QED) is 0.676. The number of aryl methyl sites for hydroxylation is 1. The van der Waals surface area contributed by atoms with E-state index in [1.54, 1.807) is 12.1 Å². The number of aliphatic carboxylic acids is 1. The highest BCUT2D eigenvalue weighted by molar-refractivity contribution is 5.89. The summed E-state index contributed by atoms with van der Waals surface area (Å²) in [7, 11) is 0. The molecule has 0 heterocycles. The van der Waals surface area contributed by atoms with E-state index < -0.39 is 18.6 Å². The number of carbonyl (C=O) groups excluding carboxylic acids is 1. The van der Waals surface area contributed by atoms with E-state index in [1.807, 2.05) is 24.5 Å². The molecule has 0 spiro atoms. The third-order valence-corrected chi connectivity index (χ3v) is 2.01. The summed E-state index contributed by atoms with van der Waals surface area (Å²) in [5.41, 5.74) is 3.64. The van der Waals surface area contributed by atoms with Crippen LogP contribution in [0.2, 0.25) is 0 Å². The van der Waals surface area contributed by atoms with Crippen molar-refractivity contribution in [3.63, 3.8) is 0 Å². The van der Waals surface area contributed by atoms with Gasteiger partial charge in [-0.05, 0) is 18.1 Å². The van der Waals surface area contributed by atoms with Crippen molar-refractivity contribution in [3.05, 3.63) is 29.8 Å². The Morgan fingerprint density at radius 1 is 1.35 bits per heavy atom. The summed E-state index contributed by atoms with van der Waals surface area (Å²) < 4.78 is 0. The summed E-state index contributed by atoms with van der Waals surface area (Å²) in [6.07, 6.45) is 0.784. The Hall–Kier alpha value is -2.08. The van der Waals surface area contributed by atoms with Gasteiger partial charge in [0.1, 0.15) is 0 Å². The number of para-hydroxylation sites is 1. The summed E-state index contributed by atoms with van der Waals surface area (Å²) in [5.74, 6) is -1.15. The molecule has 0 saturated heterocycles. The zero-order chi connectivity index (χ0) is 12.7. The molecule has 17 heavy (non-hydrogen) atoms. The highest BCUT2D eigenvalue weighted by atomic mass is 16.7. The minimum Gasteiger partial charge on any atom is -0.479 e. The van der Waals surface area contributed by atoms with E-state index in [9.17, 15) is 9.59 Å². The molecule has 1 rings (SSSR count). The van der Waals surface area contributed by atoms with E-state index in [4.69, 9.17) is 5.11 Å². The Labute approximate surface area is 98.5 Å². The Bertz CT molecular complexity index is 406. The van der Waals surface area contributed by atoms with Crippen molar-refractivity contribution in [3.8, 4) is 0 Å². The third kappa shape index (κ3) is 4.52. The molecule has 1 aromatic rings. The van der Waals surface area contributed by atoms with Gasteiger partial charge in [0.15, 0.2) is 6.61 Å². The number of nitrogens with one attached hydrogen (secondary N) is 2. The lowest BCUT2D eigenvalue weighted by molar-refractivity contribution is -0.143. The highest BCUT2D eigenvalue weighted by Crippen LogP contribution is 2.14. The van der Waals surface area contributed by atoms with Crippen molar-refractivity contribution >= 4 is 17.7 Å². The molecule has 2 amide bonds. The first-order valence-corrected chi connectivity index (χ1v) is 5.12. The van der Waals surface area contributed by atoms with E-state index in [-0.39, 0.29) is 0 Å². The molecule has 0 bridgehead atoms. The number of anilines is 1. The number of rotatable bonds is 5. The molecule has 0 aliphatic carbocycles. The van der Waals surface area contributed by atoms with Gasteiger partial charge in [0.05, 0.1) is 0 Å². The second-order valence-electron chi connectivity index (χ2n) is 3.25. The van der Waals surface area contributed by atoms with Crippen LogP contribution in [0.1, 0.15) is 12.5 Å². The van der Waals surface area contributed by atoms with Gasteiger partial charge in [0, 0.05) is 5.69 Å². The molecule has 0 aromatic heterocycles. The highest BCUT2D eigenvalue weighted by Gasteiger charge is 2.05. The number of amides is 2. The fraction of sp³-hybridized carbons (Fsp3) is 0.273. The monoisotopic (exact) mass is 238 g/mol. The van der Waals surface area contributed by atoms with Crippen LogP contribution >= 0.6 is 0 Å². The van der Waals surface area contributed by atoms with E-state index >= 15 is 0 Å². The molecule has 0 saturated carbocycles. The van der Waals surface area contributed by atoms with Gasteiger partial charge in [-0.1, -0.05) is 25.1 Å². The van der Waals surface area contributed by atoms with Crippen LogP contribution in [0.25, 0.3) is 0 Å². The average molecular weight is 238 g/mol. The number of benzene rings is 1. The van der Waals surface area contributed by atoms with Crippen molar-refractivity contribution in [2.45, 2.75) is 13.3 Å². The molecule has 0 unspecified atom stereocenters. The Morgan fingerprint density at radius 3 is 2.71 bits per heavy atom. The number of urea groups is 1. The summed E-state index contributed by atoms with van der Waals surface area (Å²) in [6, 6.07) is 6.73. The molecule has 0 aliphatic rings. The standard InChI is InChI=1S/C11H14N2O4/c1-2-8-5-3-4-6-9(8)12-11(16)13-17-7-10(14)15/h3-6H,2,7H2,1H3,(H,14,15)(H2,12,13,16). The van der Waals surface area contributed by atoms with Crippen LogP contribution in [0.5, 0.6) is 0 Å². The molecule has 1 aromatic carbocycles. The van der Waals surface area contributed by atoms with Crippen LogP contribution in [-0.4, -0.2) is 23.7 Å². The number of hydrogen-bond donors (Lipinski definition) is 3. The maximum Gasteiger partial charge on any atom is 0.343 e. The molecular formula is C11H14N2O4. The first-order chi connectivity index (χ1) is 8.13. The maximum atomic E-state index is 11.3. The van der Waals surface area contributed by atoms with E-state index in [0.29, 0.717) is 5.69 Å². The van der Waals surface area contributed by atoms with Gasteiger partial charge in [-0.15, -0.1) is 0 Å². The molecule has 6 nitrogen and oxygen atoms in total. The van der Waals surface area contributed by atoms with Crippen molar-refractivity contribution in [1.29, 1.82) is 0 Å². The zero-order valence-electron chi connectivity index (χ0n) is 9.40. The van der Waals surface area contributed by atoms with Crippen LogP contribution < -0.4 is 10.8 Å². The number of hydrogen-bond acceptors (Lipinski definition) is 3. The molecule has 0 atom stereocenters. The van der Waals surface area contributed by atoms with E-state index in [0.717, 1.165) is 12.0 Å². The van der Waals surface area contributed by atoms with Crippen molar-refractivity contribution in [2.24, 2.45) is 0 Å². The predicted molar refractivity (Wildman–Crippen MR) is 61.6 cm³/mol. The fourth-order valence-electron chi connectivity index (χ4n) is 1.26. The van der Waals surface area contributed by atoms with Crippen molar-refractivity contribution < 1.29 is 19.5 Å². The number of carbonyl (C=O) groups is 2. The molecule has 0 aliphatic heterocycles. The van der Waals surface area contributed by atoms with Crippen LogP contribution in [0, 0.1) is 0 Å². The van der Waals surface area contributed by atoms with E-state index in [2.05, 4.69) is 10.2 Å². The lowest BCUT2D eigenvalue weighted by atomic mass is 10.1. The maximum absolute atomic E-state index is 11.3. The first kappa shape index (κ1) is 13.0. The summed E-state index contributed by atoms with van der Waals surface area (Å²) in [6.45, 7) is 1.39. The Morgan fingerprint density at radius 2 is 2.06 bits per heavy atom. The average Bonchev–Trinajstić information content (AvgIpc) is 2.29. The second-order valence-corrected chi connectivity index (χ2v) is 3.25. The van der Waals surface area contributed by atoms with E-state index in [1.165, 1.54) is 0 Å². The number of carboxylic acids is 1. The molecule has 3 N–H and O–H groups in total. The van der Waals surface area contributed by atoms with Gasteiger partial charge in [-0.25, -0.2) is 15.1 Å². The number of hydroxylamine groups is 1. The van der Waals surface area contributed by atoms with Crippen molar-refractivity contribution in [1.82, 2.24) is 5.48 Å². The largest absolute Gasteiger partial charge is 0.479 e. The van der Waals surface area contributed by atoms with Gasteiger partial charge < -0.3 is 10.4 Å². The zero-order valence-corrected chi connectivity index (χ0v) is 9.40. The Kier molecular flexibility index (Phi) is 4.96. The molecule has 0 radical (unpaired) electrons. The first-order valence-electron chi connectivity index (χ1n) is 5.12. The predicted octanol–water partition coefficient (Wildman–Crippen LogP) is 1.39. The number of carboxylic acid groups (broad SMARTS) is 1. The molecule has 0 fully saturated rings. The second kappa shape index (κ2) is 6.49. The summed E-state index contributed by atoms with van der Waals surface area (Å²) in [4.78, 5) is 25.9. The normalized spacial score (nSPS) is 9.71. The SMILES string of the molecule is CCc1ccccc1NC(=O)NOCC(=O)O. The smallest absolute Gasteiger partial charge is 0.343 e. The van der Waals surface area contributed by atoms with Gasteiger partial charge in [0.2, 0.25) is 0 Å². The Balaban J connectivity index is 2.47. The lowest BCUT2D eigenvalue weighted by Crippen LogP contribution is -2.31. The van der Waals surface area contributed by atoms with Gasteiger partial charge in [-0.3, -0.25) is 4.84 Å². The minimum atomic E-state index is -1.15. The molecule has 92 valence electrons. The van der Waals surface area contributed by atoms with Gasteiger partial charge in [0.25, 0.3) is 0 Å². The van der Waals surface area contributed by atoms with Crippen LogP contribution in [0.4, 0.5) is 10.5 Å². The van der Waals surface area contributed by atoms with Gasteiger partial charge in [-0.2, -0.15) is 0 Å². The van der Waals surface area contributed by atoms with Crippen LogP contribution in [0.15, 0.2) is 24.3 Å².